The summed E-state index contributed by atoms with van der Waals surface area (Å²) in [5.41, 5.74) is 14.1. The summed E-state index contributed by atoms with van der Waals surface area (Å²) in [5.74, 6) is -0.0476. The van der Waals surface area contributed by atoms with Gasteiger partial charge in [0.25, 0.3) is 0 Å². The lowest BCUT2D eigenvalue weighted by Gasteiger charge is -1.99. The first-order valence-corrected chi connectivity index (χ1v) is 4.57. The van der Waals surface area contributed by atoms with Crippen LogP contribution >= 0.6 is 0 Å². The number of hydrogen-bond acceptors (Lipinski definition) is 3. The summed E-state index contributed by atoms with van der Waals surface area (Å²) in [6.07, 6.45) is 0. The van der Waals surface area contributed by atoms with Gasteiger partial charge in [0.1, 0.15) is 0 Å². The molecule has 82 valence electrons. The third-order valence-electron chi connectivity index (χ3n) is 2.19. The maximum Gasteiger partial charge on any atom is 0.211 e. The van der Waals surface area contributed by atoms with E-state index < -0.39 is 0 Å². The molecule has 6 nitrogen and oxygen atoms in total. The predicted octanol–water partition coefficient (Wildman–Crippen LogP) is 0.0343. The van der Waals surface area contributed by atoms with Gasteiger partial charge in [0.05, 0.1) is 11.4 Å². The first-order valence-electron chi connectivity index (χ1n) is 4.57. The molecule has 0 radical (unpaired) electrons. The van der Waals surface area contributed by atoms with Crippen LogP contribution in [-0.4, -0.2) is 21.5 Å². The minimum atomic E-state index is -0.0476. The molecular formula is C9H16N6. The second-order valence-electron chi connectivity index (χ2n) is 3.38. The van der Waals surface area contributed by atoms with Gasteiger partial charge in [-0.15, -0.1) is 5.10 Å². The fourth-order valence-corrected chi connectivity index (χ4v) is 1.48. The van der Waals surface area contributed by atoms with Crippen molar-refractivity contribution in [2.24, 2.45) is 28.7 Å². The molecule has 0 bridgehead atoms. The van der Waals surface area contributed by atoms with Gasteiger partial charge in [-0.05, 0) is 20.8 Å². The van der Waals surface area contributed by atoms with Crippen LogP contribution in [0.1, 0.15) is 23.9 Å². The van der Waals surface area contributed by atoms with Crippen molar-refractivity contribution in [2.45, 2.75) is 20.8 Å². The van der Waals surface area contributed by atoms with Crippen LogP contribution in [0.25, 0.3) is 0 Å². The molecule has 0 fully saturated rings. The second-order valence-corrected chi connectivity index (χ2v) is 3.38. The molecule has 0 saturated carbocycles. The average Bonchev–Trinajstić information content (AvgIpc) is 2.37. The molecule has 4 N–H and O–H groups in total. The first-order chi connectivity index (χ1) is 6.93. The highest BCUT2D eigenvalue weighted by atomic mass is 15.3. The molecule has 1 aromatic heterocycles. The van der Waals surface area contributed by atoms with Crippen molar-refractivity contribution in [3.8, 4) is 0 Å². The van der Waals surface area contributed by atoms with Crippen LogP contribution in [0, 0.1) is 13.8 Å². The van der Waals surface area contributed by atoms with Crippen LogP contribution in [0.2, 0.25) is 0 Å². The van der Waals surface area contributed by atoms with Crippen molar-refractivity contribution in [1.29, 1.82) is 0 Å². The minimum Gasteiger partial charge on any atom is -0.369 e. The zero-order valence-electron chi connectivity index (χ0n) is 9.44. The molecule has 0 aliphatic heterocycles. The van der Waals surface area contributed by atoms with Crippen LogP contribution in [-0.2, 0) is 7.05 Å². The van der Waals surface area contributed by atoms with E-state index >= 15 is 0 Å². The van der Waals surface area contributed by atoms with Crippen molar-refractivity contribution in [1.82, 2.24) is 9.78 Å². The number of hydrogen-bond donors (Lipinski definition) is 2. The van der Waals surface area contributed by atoms with E-state index in [4.69, 9.17) is 11.5 Å². The quantitative estimate of drug-likeness (QED) is 0.408. The lowest BCUT2D eigenvalue weighted by atomic mass is 10.1. The van der Waals surface area contributed by atoms with E-state index in [9.17, 15) is 0 Å². The second kappa shape index (κ2) is 4.12. The van der Waals surface area contributed by atoms with E-state index in [2.05, 4.69) is 15.3 Å². The number of rotatable bonds is 2. The van der Waals surface area contributed by atoms with Gasteiger partial charge in [-0.2, -0.15) is 10.2 Å². The Morgan fingerprint density at radius 3 is 2.27 bits per heavy atom. The van der Waals surface area contributed by atoms with Crippen molar-refractivity contribution < 1.29 is 0 Å². The SMILES string of the molecule is CC(=NN=C(N)N)c1c(C)nn(C)c1C. The lowest BCUT2D eigenvalue weighted by molar-refractivity contribution is 0.731. The molecule has 0 spiro atoms. The molecule has 0 aliphatic rings. The maximum atomic E-state index is 5.20. The van der Waals surface area contributed by atoms with E-state index in [0.717, 1.165) is 22.7 Å². The van der Waals surface area contributed by atoms with E-state index in [0.29, 0.717) is 0 Å². The maximum absolute atomic E-state index is 5.20. The molecule has 1 heterocycles. The van der Waals surface area contributed by atoms with Gasteiger partial charge in [0.2, 0.25) is 5.96 Å². The van der Waals surface area contributed by atoms with Crippen molar-refractivity contribution in [3.05, 3.63) is 17.0 Å². The number of aryl methyl sites for hydroxylation is 2. The Kier molecular flexibility index (Phi) is 3.08. The lowest BCUT2D eigenvalue weighted by Crippen LogP contribution is -2.22. The topological polar surface area (TPSA) is 94.6 Å². The van der Waals surface area contributed by atoms with Crippen LogP contribution in [0.4, 0.5) is 0 Å². The van der Waals surface area contributed by atoms with Gasteiger partial charge in [-0.1, -0.05) is 0 Å². The Bertz CT molecular complexity index is 422. The van der Waals surface area contributed by atoms with Crippen molar-refractivity contribution in [2.75, 3.05) is 0 Å². The van der Waals surface area contributed by atoms with Crippen LogP contribution in [0.5, 0.6) is 0 Å². The fourth-order valence-electron chi connectivity index (χ4n) is 1.48. The normalized spacial score (nSPS) is 11.6. The third kappa shape index (κ3) is 2.34. The number of nitrogens with two attached hydrogens (primary N) is 2. The summed E-state index contributed by atoms with van der Waals surface area (Å²) in [4.78, 5) is 0. The molecule has 1 aromatic rings. The van der Waals surface area contributed by atoms with E-state index in [1.165, 1.54) is 0 Å². The highest BCUT2D eigenvalue weighted by Crippen LogP contribution is 2.12. The number of nitrogens with zero attached hydrogens (tertiary/aromatic N) is 4. The molecule has 15 heavy (non-hydrogen) atoms. The van der Waals surface area contributed by atoms with Gasteiger partial charge in [0, 0.05) is 18.3 Å². The minimum absolute atomic E-state index is 0.0476. The van der Waals surface area contributed by atoms with Gasteiger partial charge >= 0.3 is 0 Å². The Balaban J connectivity index is 3.16. The van der Waals surface area contributed by atoms with Gasteiger partial charge < -0.3 is 11.5 Å². The molecule has 0 atom stereocenters. The Hall–Kier alpha value is -1.85. The number of guanidine groups is 1. The monoisotopic (exact) mass is 208 g/mol. The van der Waals surface area contributed by atoms with E-state index in [1.54, 1.807) is 4.68 Å². The predicted molar refractivity (Wildman–Crippen MR) is 60.7 cm³/mol. The van der Waals surface area contributed by atoms with E-state index in [1.807, 2.05) is 27.8 Å². The van der Waals surface area contributed by atoms with E-state index in [-0.39, 0.29) is 5.96 Å². The zero-order chi connectivity index (χ0) is 11.6. The van der Waals surface area contributed by atoms with Crippen LogP contribution in [0.15, 0.2) is 10.2 Å². The molecule has 0 aliphatic carbocycles. The molecule has 0 saturated heterocycles. The molecule has 0 unspecified atom stereocenters. The molecular weight excluding hydrogens is 192 g/mol. The van der Waals surface area contributed by atoms with Crippen molar-refractivity contribution >= 4 is 11.7 Å². The molecule has 0 aromatic carbocycles. The van der Waals surface area contributed by atoms with Gasteiger partial charge in [0.15, 0.2) is 0 Å². The summed E-state index contributed by atoms with van der Waals surface area (Å²) in [5, 5.41) is 11.8. The summed E-state index contributed by atoms with van der Waals surface area (Å²) in [7, 11) is 1.89. The average molecular weight is 208 g/mol. The molecule has 0 amide bonds. The fraction of sp³-hybridized carbons (Fsp3) is 0.444. The Morgan fingerprint density at radius 2 is 1.87 bits per heavy atom. The smallest absolute Gasteiger partial charge is 0.211 e. The molecule has 6 heteroatoms. The summed E-state index contributed by atoms with van der Waals surface area (Å²) in [6.45, 7) is 5.75. The Morgan fingerprint density at radius 1 is 1.27 bits per heavy atom. The first kappa shape index (κ1) is 11.2. The summed E-state index contributed by atoms with van der Waals surface area (Å²) < 4.78 is 1.80. The van der Waals surface area contributed by atoms with Gasteiger partial charge in [-0.3, -0.25) is 4.68 Å². The van der Waals surface area contributed by atoms with Crippen molar-refractivity contribution in [3.63, 3.8) is 0 Å². The van der Waals surface area contributed by atoms with Crippen LogP contribution in [0.3, 0.4) is 0 Å². The number of aromatic nitrogens is 2. The molecule has 1 rings (SSSR count). The summed E-state index contributed by atoms with van der Waals surface area (Å²) >= 11 is 0. The third-order valence-corrected chi connectivity index (χ3v) is 2.19. The summed E-state index contributed by atoms with van der Waals surface area (Å²) in [6, 6.07) is 0. The highest BCUT2D eigenvalue weighted by molar-refractivity contribution is 6.00. The largest absolute Gasteiger partial charge is 0.369 e. The van der Waals surface area contributed by atoms with Gasteiger partial charge in [-0.25, -0.2) is 0 Å². The van der Waals surface area contributed by atoms with Crippen LogP contribution < -0.4 is 11.5 Å². The Labute approximate surface area is 88.7 Å². The standard InChI is InChI=1S/C9H16N6/c1-5(12-13-9(10)11)8-6(2)14-15(4)7(8)3/h1-4H3,(H4,10,11,13). The zero-order valence-corrected chi connectivity index (χ0v) is 9.44. The highest BCUT2D eigenvalue weighted by Gasteiger charge is 2.11.